The van der Waals surface area contributed by atoms with Crippen LogP contribution in [0.1, 0.15) is 31.2 Å². The zero-order valence-corrected chi connectivity index (χ0v) is 19.9. The molecule has 0 aliphatic carbocycles. The van der Waals surface area contributed by atoms with Crippen LogP contribution >= 0.6 is 24.0 Å². The normalized spacial score (nSPS) is 18.4. The van der Waals surface area contributed by atoms with Crippen molar-refractivity contribution in [2.75, 3.05) is 18.0 Å². The number of carbonyl (C=O) groups is 2. The molecule has 0 bridgehead atoms. The summed E-state index contributed by atoms with van der Waals surface area (Å²) in [6.07, 6.45) is 8.43. The van der Waals surface area contributed by atoms with Crippen molar-refractivity contribution in [2.45, 2.75) is 32.2 Å². The van der Waals surface area contributed by atoms with Crippen LogP contribution < -0.4 is 4.90 Å². The fourth-order valence-corrected chi connectivity index (χ4v) is 5.79. The van der Waals surface area contributed by atoms with Crippen molar-refractivity contribution in [1.82, 2.24) is 9.47 Å². The Morgan fingerprint density at radius 2 is 1.67 bits per heavy atom. The van der Waals surface area contributed by atoms with Gasteiger partial charge in [-0.3, -0.25) is 14.5 Å². The lowest BCUT2D eigenvalue weighted by molar-refractivity contribution is -0.131. The molecule has 2 amide bonds. The number of thiocarbonyl (C=S) groups is 1. The first kappa shape index (κ1) is 21.9. The summed E-state index contributed by atoms with van der Waals surface area (Å²) in [6.45, 7) is 1.99. The van der Waals surface area contributed by atoms with Gasteiger partial charge in [0.1, 0.15) is 6.54 Å². The van der Waals surface area contributed by atoms with Crippen molar-refractivity contribution in [3.05, 3.63) is 71.3 Å². The molecule has 2 aromatic carbocycles. The van der Waals surface area contributed by atoms with Crippen molar-refractivity contribution in [3.8, 4) is 0 Å². The van der Waals surface area contributed by atoms with E-state index in [0.29, 0.717) is 15.8 Å². The van der Waals surface area contributed by atoms with E-state index in [0.717, 1.165) is 48.1 Å². The Morgan fingerprint density at radius 3 is 2.42 bits per heavy atom. The third kappa shape index (κ3) is 4.48. The monoisotopic (exact) mass is 475 g/mol. The molecule has 5 nitrogen and oxygen atoms in total. The van der Waals surface area contributed by atoms with Crippen LogP contribution in [0.25, 0.3) is 17.0 Å². The fourth-order valence-electron chi connectivity index (χ4n) is 4.50. The minimum atomic E-state index is -0.117. The Bertz CT molecular complexity index is 1240. The summed E-state index contributed by atoms with van der Waals surface area (Å²) in [5.41, 5.74) is 2.68. The molecule has 0 N–H and O–H groups in total. The second-order valence-corrected chi connectivity index (χ2v) is 10.1. The highest BCUT2D eigenvalue weighted by Gasteiger charge is 2.33. The molecular formula is C26H25N3O2S2. The van der Waals surface area contributed by atoms with E-state index in [1.807, 2.05) is 76.3 Å². The van der Waals surface area contributed by atoms with Crippen molar-refractivity contribution >= 4 is 62.8 Å². The van der Waals surface area contributed by atoms with Gasteiger partial charge in [-0.25, -0.2) is 0 Å². The number of para-hydroxylation sites is 2. The number of fused-ring (bicyclic) bond motifs is 1. The van der Waals surface area contributed by atoms with Crippen molar-refractivity contribution in [2.24, 2.45) is 0 Å². The second kappa shape index (κ2) is 9.53. The first-order valence-corrected chi connectivity index (χ1v) is 12.5. The van der Waals surface area contributed by atoms with Crippen LogP contribution in [0, 0.1) is 0 Å². The molecule has 2 fully saturated rings. The summed E-state index contributed by atoms with van der Waals surface area (Å²) >= 11 is 6.82. The molecule has 5 rings (SSSR count). The van der Waals surface area contributed by atoms with E-state index in [2.05, 4.69) is 0 Å². The number of thioether (sulfide) groups is 1. The third-order valence-electron chi connectivity index (χ3n) is 6.18. The van der Waals surface area contributed by atoms with Gasteiger partial charge in [-0.1, -0.05) is 73.2 Å². The molecule has 0 saturated carbocycles. The highest BCUT2D eigenvalue weighted by Crippen LogP contribution is 2.37. The van der Waals surface area contributed by atoms with Gasteiger partial charge in [0.25, 0.3) is 5.91 Å². The van der Waals surface area contributed by atoms with Gasteiger partial charge >= 0.3 is 0 Å². The topological polar surface area (TPSA) is 45.6 Å². The van der Waals surface area contributed by atoms with Gasteiger partial charge in [-0.15, -0.1) is 0 Å². The molecule has 3 heterocycles. The van der Waals surface area contributed by atoms with Gasteiger partial charge in [0.2, 0.25) is 5.91 Å². The van der Waals surface area contributed by atoms with E-state index >= 15 is 0 Å². The number of hydrogen-bond acceptors (Lipinski definition) is 4. The van der Waals surface area contributed by atoms with Gasteiger partial charge in [-0.05, 0) is 37.1 Å². The quantitative estimate of drug-likeness (QED) is 0.372. The highest BCUT2D eigenvalue weighted by atomic mass is 32.2. The molecule has 3 aromatic rings. The van der Waals surface area contributed by atoms with E-state index in [1.165, 1.54) is 24.6 Å². The third-order valence-corrected chi connectivity index (χ3v) is 7.48. The van der Waals surface area contributed by atoms with E-state index in [1.54, 1.807) is 4.90 Å². The molecule has 0 atom stereocenters. The highest BCUT2D eigenvalue weighted by molar-refractivity contribution is 8.27. The van der Waals surface area contributed by atoms with E-state index in [9.17, 15) is 9.59 Å². The Hall–Kier alpha value is -2.90. The van der Waals surface area contributed by atoms with Crippen molar-refractivity contribution < 1.29 is 9.59 Å². The van der Waals surface area contributed by atoms with Crippen LogP contribution in [-0.2, 0) is 16.1 Å². The number of hydrogen-bond donors (Lipinski definition) is 0. The smallest absolute Gasteiger partial charge is 0.270 e. The molecule has 33 heavy (non-hydrogen) atoms. The lowest BCUT2D eigenvalue weighted by Gasteiger charge is -2.20. The predicted octanol–water partition coefficient (Wildman–Crippen LogP) is 5.45. The average Bonchev–Trinajstić information content (AvgIpc) is 3.15. The molecule has 1 aromatic heterocycles. The maximum atomic E-state index is 13.2. The lowest BCUT2D eigenvalue weighted by atomic mass is 10.1. The number of carbonyl (C=O) groups excluding carboxylic acids is 2. The fraction of sp³-hybridized carbons (Fsp3) is 0.269. The first-order chi connectivity index (χ1) is 16.1. The molecular weight excluding hydrogens is 450 g/mol. The standard InChI is InChI=1S/C26H25N3O2S2/c30-24(27-14-8-1-2-9-15-27)18-28-17-19(21-12-6-7-13-22(21)28)16-23-25(31)29(26(32)33-23)20-10-4-3-5-11-20/h3-7,10-13,16-17H,1-2,8-9,14-15,18H2/b23-16-. The molecule has 0 spiro atoms. The number of rotatable bonds is 4. The summed E-state index contributed by atoms with van der Waals surface area (Å²) in [5, 5.41) is 1.02. The van der Waals surface area contributed by atoms with Gasteiger partial charge in [0, 0.05) is 35.8 Å². The Balaban J connectivity index is 1.44. The zero-order valence-electron chi connectivity index (χ0n) is 18.3. The average molecular weight is 476 g/mol. The van der Waals surface area contributed by atoms with E-state index < -0.39 is 0 Å². The van der Waals surface area contributed by atoms with Crippen LogP contribution in [0.4, 0.5) is 5.69 Å². The van der Waals surface area contributed by atoms with E-state index in [4.69, 9.17) is 12.2 Å². The number of anilines is 1. The SMILES string of the molecule is O=C(Cn1cc(/C=C2\SC(=S)N(c3ccccc3)C2=O)c2ccccc21)N1CCCCCC1. The van der Waals surface area contributed by atoms with Gasteiger partial charge in [-0.2, -0.15) is 0 Å². The maximum absolute atomic E-state index is 13.2. The number of likely N-dealkylation sites (tertiary alicyclic amines) is 1. The van der Waals surface area contributed by atoms with Crippen molar-refractivity contribution in [3.63, 3.8) is 0 Å². The molecule has 168 valence electrons. The van der Waals surface area contributed by atoms with Crippen molar-refractivity contribution in [1.29, 1.82) is 0 Å². The van der Waals surface area contributed by atoms with Crippen LogP contribution in [-0.4, -0.2) is 38.7 Å². The molecule has 0 radical (unpaired) electrons. The summed E-state index contributed by atoms with van der Waals surface area (Å²) in [6, 6.07) is 17.5. The van der Waals surface area contributed by atoms with Crippen LogP contribution in [0.5, 0.6) is 0 Å². The first-order valence-electron chi connectivity index (χ1n) is 11.3. The number of nitrogens with zero attached hydrogens (tertiary/aromatic N) is 3. The largest absolute Gasteiger partial charge is 0.341 e. The minimum Gasteiger partial charge on any atom is -0.341 e. The van der Waals surface area contributed by atoms with Crippen LogP contribution in [0.3, 0.4) is 0 Å². The summed E-state index contributed by atoms with van der Waals surface area (Å²) in [7, 11) is 0. The molecule has 2 aliphatic rings. The minimum absolute atomic E-state index is 0.117. The zero-order chi connectivity index (χ0) is 22.8. The molecule has 2 saturated heterocycles. The number of benzene rings is 2. The van der Waals surface area contributed by atoms with E-state index in [-0.39, 0.29) is 11.8 Å². The van der Waals surface area contributed by atoms with Gasteiger partial charge < -0.3 is 9.47 Å². The summed E-state index contributed by atoms with van der Waals surface area (Å²) in [4.78, 5) is 30.3. The van der Waals surface area contributed by atoms with Crippen LogP contribution in [0.2, 0.25) is 0 Å². The summed E-state index contributed by atoms with van der Waals surface area (Å²) in [5.74, 6) is 0.0354. The van der Waals surface area contributed by atoms with Crippen LogP contribution in [0.15, 0.2) is 65.7 Å². The van der Waals surface area contributed by atoms with Gasteiger partial charge in [0.15, 0.2) is 4.32 Å². The number of amides is 2. The predicted molar refractivity (Wildman–Crippen MR) is 139 cm³/mol. The second-order valence-electron chi connectivity index (χ2n) is 8.38. The number of aromatic nitrogens is 1. The Labute approximate surface area is 203 Å². The molecule has 7 heteroatoms. The summed E-state index contributed by atoms with van der Waals surface area (Å²) < 4.78 is 2.53. The molecule has 2 aliphatic heterocycles. The maximum Gasteiger partial charge on any atom is 0.270 e. The van der Waals surface area contributed by atoms with Gasteiger partial charge in [0.05, 0.1) is 10.6 Å². The Kier molecular flexibility index (Phi) is 6.33. The lowest BCUT2D eigenvalue weighted by Crippen LogP contribution is -2.34. The Morgan fingerprint density at radius 1 is 0.970 bits per heavy atom. The molecule has 0 unspecified atom stereocenters.